The van der Waals surface area contributed by atoms with Crippen molar-refractivity contribution in [1.29, 1.82) is 0 Å². The first-order valence-corrected chi connectivity index (χ1v) is 11.8. The van der Waals surface area contributed by atoms with Crippen molar-refractivity contribution in [2.24, 2.45) is 0 Å². The molecule has 0 aliphatic carbocycles. The predicted molar refractivity (Wildman–Crippen MR) is 132 cm³/mol. The Balaban J connectivity index is 1.36. The summed E-state index contributed by atoms with van der Waals surface area (Å²) >= 11 is 1.54. The van der Waals surface area contributed by atoms with Gasteiger partial charge in [0.1, 0.15) is 12.1 Å². The van der Waals surface area contributed by atoms with Crippen LogP contribution in [-0.2, 0) is 15.1 Å². The maximum Gasteiger partial charge on any atom is 0.325 e. The van der Waals surface area contributed by atoms with Crippen LogP contribution >= 0.6 is 11.3 Å². The highest BCUT2D eigenvalue weighted by molar-refractivity contribution is 7.10. The molecule has 0 spiro atoms. The van der Waals surface area contributed by atoms with Crippen molar-refractivity contribution in [3.8, 4) is 0 Å². The summed E-state index contributed by atoms with van der Waals surface area (Å²) < 4.78 is 0. The molecule has 7 heteroatoms. The lowest BCUT2D eigenvalue weighted by Crippen LogP contribution is -2.44. The smallest absolute Gasteiger partial charge is 0.325 e. The maximum absolute atomic E-state index is 13.4. The van der Waals surface area contributed by atoms with E-state index in [1.165, 1.54) is 11.3 Å². The fourth-order valence-corrected chi connectivity index (χ4v) is 5.11. The molecule has 1 aromatic heterocycles. The third-order valence-electron chi connectivity index (χ3n) is 6.17. The highest BCUT2D eigenvalue weighted by Crippen LogP contribution is 2.31. The number of hydrogen-bond acceptors (Lipinski definition) is 4. The zero-order chi connectivity index (χ0) is 23.7. The summed E-state index contributed by atoms with van der Waals surface area (Å²) in [6, 6.07) is 26.0. The molecule has 4 aromatic rings. The van der Waals surface area contributed by atoms with Gasteiger partial charge in [0.05, 0.1) is 6.04 Å². The first-order chi connectivity index (χ1) is 16.5. The van der Waals surface area contributed by atoms with Gasteiger partial charge in [-0.25, -0.2) is 4.79 Å². The van der Waals surface area contributed by atoms with Crippen LogP contribution in [0.15, 0.2) is 90.3 Å². The van der Waals surface area contributed by atoms with Crippen LogP contribution in [0.4, 0.5) is 4.79 Å². The van der Waals surface area contributed by atoms with E-state index in [0.29, 0.717) is 5.56 Å². The highest BCUT2D eigenvalue weighted by atomic mass is 32.1. The van der Waals surface area contributed by atoms with Crippen LogP contribution in [-0.4, -0.2) is 29.3 Å². The number of benzene rings is 3. The van der Waals surface area contributed by atoms with Crippen LogP contribution in [0.5, 0.6) is 0 Å². The van der Waals surface area contributed by atoms with Crippen molar-refractivity contribution in [1.82, 2.24) is 15.5 Å². The number of hydrogen-bond donors (Lipinski definition) is 2. The molecule has 6 nitrogen and oxygen atoms in total. The van der Waals surface area contributed by atoms with Crippen LogP contribution in [0.3, 0.4) is 0 Å². The van der Waals surface area contributed by atoms with Crippen LogP contribution in [0.25, 0.3) is 10.8 Å². The van der Waals surface area contributed by atoms with E-state index in [9.17, 15) is 14.4 Å². The molecule has 1 aliphatic rings. The average molecular weight is 470 g/mol. The van der Waals surface area contributed by atoms with E-state index in [0.717, 1.165) is 26.1 Å². The van der Waals surface area contributed by atoms with Gasteiger partial charge < -0.3 is 10.6 Å². The molecule has 1 aliphatic heterocycles. The second-order valence-electron chi connectivity index (χ2n) is 8.44. The van der Waals surface area contributed by atoms with Crippen molar-refractivity contribution in [3.05, 3.63) is 106 Å². The lowest BCUT2D eigenvalue weighted by molar-refractivity contribution is -0.135. The largest absolute Gasteiger partial charge is 0.343 e. The van der Waals surface area contributed by atoms with Crippen molar-refractivity contribution in [3.63, 3.8) is 0 Å². The Morgan fingerprint density at radius 2 is 1.71 bits per heavy atom. The lowest BCUT2D eigenvalue weighted by Gasteiger charge is -2.23. The molecular formula is C27H23N3O3S. The van der Waals surface area contributed by atoms with Gasteiger partial charge in [0, 0.05) is 4.88 Å². The number of nitrogens with one attached hydrogen (secondary N) is 2. The van der Waals surface area contributed by atoms with Gasteiger partial charge in [0.2, 0.25) is 5.91 Å². The Morgan fingerprint density at radius 3 is 2.44 bits per heavy atom. The molecule has 1 fully saturated rings. The zero-order valence-electron chi connectivity index (χ0n) is 18.5. The Labute approximate surface area is 201 Å². The molecule has 1 saturated heterocycles. The van der Waals surface area contributed by atoms with Gasteiger partial charge in [0.15, 0.2) is 0 Å². The van der Waals surface area contributed by atoms with Crippen LogP contribution in [0, 0.1) is 0 Å². The van der Waals surface area contributed by atoms with Gasteiger partial charge in [-0.1, -0.05) is 72.8 Å². The van der Waals surface area contributed by atoms with E-state index in [2.05, 4.69) is 10.6 Å². The monoisotopic (exact) mass is 469 g/mol. The molecule has 5 rings (SSSR count). The molecule has 170 valence electrons. The molecule has 0 unspecified atom stereocenters. The second-order valence-corrected chi connectivity index (χ2v) is 9.41. The number of urea groups is 1. The van der Waals surface area contributed by atoms with E-state index in [1.807, 2.05) is 90.3 Å². The SMILES string of the molecule is C[C@]1(c2ccc3ccccc3c2)NC(=O)N(CC(=O)N[C@@H](c2ccccc2)c2cccs2)C1=O. The van der Waals surface area contributed by atoms with Gasteiger partial charge in [0.25, 0.3) is 5.91 Å². The zero-order valence-corrected chi connectivity index (χ0v) is 19.3. The number of nitrogens with zero attached hydrogens (tertiary/aromatic N) is 1. The molecule has 34 heavy (non-hydrogen) atoms. The molecule has 4 amide bonds. The topological polar surface area (TPSA) is 78.5 Å². The summed E-state index contributed by atoms with van der Waals surface area (Å²) in [5.74, 6) is -0.858. The van der Waals surface area contributed by atoms with Gasteiger partial charge in [-0.15, -0.1) is 11.3 Å². The summed E-state index contributed by atoms with van der Waals surface area (Å²) in [5, 5.41) is 9.75. The number of fused-ring (bicyclic) bond motifs is 1. The van der Waals surface area contributed by atoms with E-state index in [-0.39, 0.29) is 12.6 Å². The quantitative estimate of drug-likeness (QED) is 0.406. The first kappa shape index (κ1) is 21.9. The van der Waals surface area contributed by atoms with E-state index in [1.54, 1.807) is 6.92 Å². The standard InChI is InChI=1S/C27H23N3O3S/c1-27(21-14-13-18-8-5-6-11-20(18)16-21)25(32)30(26(33)29-27)17-23(31)28-24(22-12-7-15-34-22)19-9-3-2-4-10-19/h2-16,24H,17H2,1H3,(H,28,31)(H,29,33)/t24-,27+/m0/s1. The first-order valence-electron chi connectivity index (χ1n) is 11.0. The summed E-state index contributed by atoms with van der Waals surface area (Å²) in [6.07, 6.45) is 0. The number of carbonyl (C=O) groups is 3. The molecule has 0 saturated carbocycles. The Morgan fingerprint density at radius 1 is 0.971 bits per heavy atom. The normalized spacial score (nSPS) is 18.7. The number of amides is 4. The second kappa shape index (κ2) is 8.76. The predicted octanol–water partition coefficient (Wildman–Crippen LogP) is 4.57. The van der Waals surface area contributed by atoms with Crippen molar-refractivity contribution in [2.75, 3.05) is 6.54 Å². The molecular weight excluding hydrogens is 446 g/mol. The number of carbonyl (C=O) groups excluding carboxylic acids is 3. The number of imide groups is 1. The lowest BCUT2D eigenvalue weighted by atomic mass is 9.90. The fraction of sp³-hybridized carbons (Fsp3) is 0.148. The van der Waals surface area contributed by atoms with Crippen molar-refractivity contribution < 1.29 is 14.4 Å². The number of thiophene rings is 1. The van der Waals surface area contributed by atoms with Crippen molar-refractivity contribution >= 4 is 40.0 Å². The summed E-state index contributed by atoms with van der Waals surface area (Å²) in [5.41, 5.74) is 0.359. The van der Waals surface area contributed by atoms with Gasteiger partial charge in [-0.2, -0.15) is 0 Å². The minimum atomic E-state index is -1.24. The van der Waals surface area contributed by atoms with Crippen LogP contribution < -0.4 is 10.6 Å². The molecule has 0 radical (unpaired) electrons. The van der Waals surface area contributed by atoms with Crippen LogP contribution in [0.1, 0.15) is 29.0 Å². The fourth-order valence-electron chi connectivity index (χ4n) is 4.31. The van der Waals surface area contributed by atoms with Crippen LogP contribution in [0.2, 0.25) is 0 Å². The molecule has 3 aromatic carbocycles. The average Bonchev–Trinajstić information content (AvgIpc) is 3.46. The minimum absolute atomic E-state index is 0.359. The molecule has 0 bridgehead atoms. The maximum atomic E-state index is 13.4. The highest BCUT2D eigenvalue weighted by Gasteiger charge is 2.49. The van der Waals surface area contributed by atoms with E-state index in [4.69, 9.17) is 0 Å². The molecule has 2 atom stereocenters. The summed E-state index contributed by atoms with van der Waals surface area (Å²) in [6.45, 7) is 1.32. The summed E-state index contributed by atoms with van der Waals surface area (Å²) in [7, 11) is 0. The molecule has 2 heterocycles. The van der Waals surface area contributed by atoms with Gasteiger partial charge in [-0.3, -0.25) is 14.5 Å². The third kappa shape index (κ3) is 3.95. The Bertz CT molecular complexity index is 1370. The van der Waals surface area contributed by atoms with Crippen molar-refractivity contribution in [2.45, 2.75) is 18.5 Å². The Hall–Kier alpha value is -3.97. The summed E-state index contributed by atoms with van der Waals surface area (Å²) in [4.78, 5) is 41.1. The van der Waals surface area contributed by atoms with E-state index < -0.39 is 23.4 Å². The van der Waals surface area contributed by atoms with Gasteiger partial charge in [-0.05, 0) is 46.3 Å². The Kier molecular flexibility index (Phi) is 5.63. The van der Waals surface area contributed by atoms with E-state index >= 15 is 0 Å². The minimum Gasteiger partial charge on any atom is -0.343 e. The molecule has 2 N–H and O–H groups in total. The number of rotatable bonds is 6. The third-order valence-corrected chi connectivity index (χ3v) is 7.11. The van der Waals surface area contributed by atoms with Gasteiger partial charge >= 0.3 is 6.03 Å².